The molecule has 0 bridgehead atoms. The summed E-state index contributed by atoms with van der Waals surface area (Å²) in [5.41, 5.74) is 4.83. The number of benzene rings is 3. The van der Waals surface area contributed by atoms with Crippen LogP contribution in [0, 0.1) is 13.8 Å². The maximum atomic E-state index is 12.7. The Morgan fingerprint density at radius 2 is 1.65 bits per heavy atom. The molecule has 0 spiro atoms. The average molecular weight is 345 g/mol. The van der Waals surface area contributed by atoms with Crippen LogP contribution in [0.5, 0.6) is 5.75 Å². The van der Waals surface area contributed by atoms with Gasteiger partial charge in [0.1, 0.15) is 16.9 Å². The van der Waals surface area contributed by atoms with Gasteiger partial charge < -0.3 is 14.5 Å². The number of rotatable bonds is 3. The molecule has 3 aromatic carbocycles. The third-order valence-corrected chi connectivity index (χ3v) is 4.43. The predicted octanol–water partition coefficient (Wildman–Crippen LogP) is 5.46. The number of para-hydroxylation sites is 1. The van der Waals surface area contributed by atoms with Gasteiger partial charge in [0.05, 0.1) is 12.8 Å². The molecule has 0 aliphatic heterocycles. The first-order valence-electron chi connectivity index (χ1n) is 8.44. The third-order valence-electron chi connectivity index (χ3n) is 4.43. The Morgan fingerprint density at radius 3 is 2.38 bits per heavy atom. The molecule has 1 aromatic heterocycles. The maximum Gasteiger partial charge on any atom is 0.255 e. The number of ether oxygens (including phenoxy) is 1. The Bertz CT molecular complexity index is 1120. The summed E-state index contributed by atoms with van der Waals surface area (Å²) in [5, 5.41) is 4.93. The zero-order valence-corrected chi connectivity index (χ0v) is 14.9. The molecule has 4 heteroatoms. The number of carbonyl (C=O) groups is 1. The van der Waals surface area contributed by atoms with Gasteiger partial charge in [0.2, 0.25) is 0 Å². The van der Waals surface area contributed by atoms with E-state index in [4.69, 9.17) is 9.15 Å². The summed E-state index contributed by atoms with van der Waals surface area (Å²) in [6.45, 7) is 3.95. The molecular formula is C22H19NO3. The second-order valence-electron chi connectivity index (χ2n) is 6.48. The topological polar surface area (TPSA) is 51.5 Å². The van der Waals surface area contributed by atoms with E-state index in [9.17, 15) is 4.79 Å². The summed E-state index contributed by atoms with van der Waals surface area (Å²) in [7, 11) is 1.59. The van der Waals surface area contributed by atoms with Crippen LogP contribution in [0.4, 0.5) is 5.69 Å². The molecule has 0 atom stereocenters. The number of amides is 1. The quantitative estimate of drug-likeness (QED) is 0.536. The molecule has 0 fully saturated rings. The molecule has 0 saturated heterocycles. The smallest absolute Gasteiger partial charge is 0.255 e. The highest BCUT2D eigenvalue weighted by Gasteiger charge is 2.15. The van der Waals surface area contributed by atoms with Crippen LogP contribution in [-0.2, 0) is 0 Å². The molecule has 0 aliphatic carbocycles. The number of carbonyl (C=O) groups excluding carboxylic acids is 1. The molecule has 4 nitrogen and oxygen atoms in total. The van der Waals surface area contributed by atoms with Crippen LogP contribution in [-0.4, -0.2) is 13.0 Å². The molecule has 4 rings (SSSR count). The van der Waals surface area contributed by atoms with Crippen molar-refractivity contribution in [2.75, 3.05) is 12.4 Å². The van der Waals surface area contributed by atoms with E-state index in [0.717, 1.165) is 27.5 Å². The summed E-state index contributed by atoms with van der Waals surface area (Å²) in [6, 6.07) is 17.3. The number of hydrogen-bond donors (Lipinski definition) is 1. The van der Waals surface area contributed by atoms with Crippen LogP contribution >= 0.6 is 0 Å². The summed E-state index contributed by atoms with van der Waals surface area (Å²) in [6.07, 6.45) is 0. The van der Waals surface area contributed by atoms with Crippen molar-refractivity contribution in [3.05, 3.63) is 71.3 Å². The van der Waals surface area contributed by atoms with E-state index < -0.39 is 0 Å². The van der Waals surface area contributed by atoms with Gasteiger partial charge >= 0.3 is 0 Å². The first-order valence-corrected chi connectivity index (χ1v) is 8.44. The van der Waals surface area contributed by atoms with Gasteiger partial charge in [-0.3, -0.25) is 4.79 Å². The Labute approximate surface area is 151 Å². The summed E-state index contributed by atoms with van der Waals surface area (Å²) >= 11 is 0. The number of fused-ring (bicyclic) bond motifs is 3. The second kappa shape index (κ2) is 6.23. The fraction of sp³-hybridized carbons (Fsp3) is 0.136. The summed E-state index contributed by atoms with van der Waals surface area (Å²) < 4.78 is 11.4. The predicted molar refractivity (Wildman–Crippen MR) is 104 cm³/mol. The van der Waals surface area contributed by atoms with Gasteiger partial charge in [0, 0.05) is 22.4 Å². The first kappa shape index (κ1) is 16.2. The largest absolute Gasteiger partial charge is 0.495 e. The van der Waals surface area contributed by atoms with E-state index >= 15 is 0 Å². The number of anilines is 1. The summed E-state index contributed by atoms with van der Waals surface area (Å²) in [5.74, 6) is 0.423. The van der Waals surface area contributed by atoms with Crippen LogP contribution in [0.1, 0.15) is 21.5 Å². The number of furan rings is 1. The number of hydrogen-bond acceptors (Lipinski definition) is 3. The molecule has 0 aliphatic rings. The normalized spacial score (nSPS) is 11.0. The number of methoxy groups -OCH3 is 1. The molecule has 1 N–H and O–H groups in total. The lowest BCUT2D eigenvalue weighted by molar-refractivity contribution is 0.102. The fourth-order valence-electron chi connectivity index (χ4n) is 3.32. The summed E-state index contributed by atoms with van der Waals surface area (Å²) in [4.78, 5) is 12.7. The second-order valence-corrected chi connectivity index (χ2v) is 6.48. The molecule has 1 amide bonds. The monoisotopic (exact) mass is 345 g/mol. The van der Waals surface area contributed by atoms with Crippen LogP contribution in [0.3, 0.4) is 0 Å². The van der Waals surface area contributed by atoms with Crippen LogP contribution in [0.25, 0.3) is 21.9 Å². The van der Waals surface area contributed by atoms with Crippen molar-refractivity contribution in [1.29, 1.82) is 0 Å². The Kier molecular flexibility index (Phi) is 3.88. The van der Waals surface area contributed by atoms with E-state index in [1.165, 1.54) is 0 Å². The molecule has 1 heterocycles. The lowest BCUT2D eigenvalue weighted by Gasteiger charge is -2.11. The van der Waals surface area contributed by atoms with Gasteiger partial charge in [-0.05, 0) is 38.1 Å². The molecule has 0 radical (unpaired) electrons. The van der Waals surface area contributed by atoms with Crippen molar-refractivity contribution >= 4 is 33.5 Å². The number of aryl methyl sites for hydroxylation is 2. The molecule has 4 aromatic rings. The lowest BCUT2D eigenvalue weighted by Crippen LogP contribution is -2.13. The minimum atomic E-state index is -0.175. The van der Waals surface area contributed by atoms with Crippen molar-refractivity contribution in [2.24, 2.45) is 0 Å². The molecule has 0 saturated carbocycles. The molecular weight excluding hydrogens is 326 g/mol. The van der Waals surface area contributed by atoms with Crippen LogP contribution in [0.15, 0.2) is 59.0 Å². The van der Waals surface area contributed by atoms with Gasteiger partial charge in [-0.15, -0.1) is 0 Å². The van der Waals surface area contributed by atoms with E-state index in [1.807, 2.05) is 68.4 Å². The van der Waals surface area contributed by atoms with E-state index in [0.29, 0.717) is 22.6 Å². The highest BCUT2D eigenvalue weighted by molar-refractivity contribution is 6.10. The van der Waals surface area contributed by atoms with Gasteiger partial charge in [-0.25, -0.2) is 0 Å². The highest BCUT2D eigenvalue weighted by atomic mass is 16.5. The zero-order valence-electron chi connectivity index (χ0n) is 14.9. The standard InChI is InChI=1S/C22H19NO3/c1-13-8-14(2)10-15(9-13)22(24)23-18-12-20-17(11-21(18)25-3)16-6-4-5-7-19(16)26-20/h4-12H,1-3H3,(H,23,24). The fourth-order valence-corrected chi connectivity index (χ4v) is 3.32. The van der Waals surface area contributed by atoms with E-state index in [1.54, 1.807) is 7.11 Å². The maximum absolute atomic E-state index is 12.7. The van der Waals surface area contributed by atoms with Crippen molar-refractivity contribution in [3.8, 4) is 5.75 Å². The van der Waals surface area contributed by atoms with Crippen molar-refractivity contribution in [1.82, 2.24) is 0 Å². The lowest BCUT2D eigenvalue weighted by atomic mass is 10.1. The van der Waals surface area contributed by atoms with Gasteiger partial charge in [0.15, 0.2) is 0 Å². The van der Waals surface area contributed by atoms with Crippen molar-refractivity contribution in [3.63, 3.8) is 0 Å². The van der Waals surface area contributed by atoms with Crippen molar-refractivity contribution < 1.29 is 13.9 Å². The SMILES string of the molecule is COc1cc2c(cc1NC(=O)c1cc(C)cc(C)c1)oc1ccccc12. The van der Waals surface area contributed by atoms with Crippen LogP contribution in [0.2, 0.25) is 0 Å². The van der Waals surface area contributed by atoms with E-state index in [-0.39, 0.29) is 5.91 Å². The Hall–Kier alpha value is -3.27. The minimum absolute atomic E-state index is 0.175. The van der Waals surface area contributed by atoms with E-state index in [2.05, 4.69) is 5.32 Å². The first-order chi connectivity index (χ1) is 12.5. The highest BCUT2D eigenvalue weighted by Crippen LogP contribution is 2.36. The molecule has 130 valence electrons. The van der Waals surface area contributed by atoms with Crippen molar-refractivity contribution in [2.45, 2.75) is 13.8 Å². The van der Waals surface area contributed by atoms with Gasteiger partial charge in [0.25, 0.3) is 5.91 Å². The zero-order chi connectivity index (χ0) is 18.3. The Balaban J connectivity index is 1.77. The molecule has 26 heavy (non-hydrogen) atoms. The third kappa shape index (κ3) is 2.80. The van der Waals surface area contributed by atoms with Gasteiger partial charge in [-0.1, -0.05) is 35.4 Å². The Morgan fingerprint density at radius 1 is 0.923 bits per heavy atom. The minimum Gasteiger partial charge on any atom is -0.495 e. The van der Waals surface area contributed by atoms with Crippen LogP contribution < -0.4 is 10.1 Å². The average Bonchev–Trinajstić information content (AvgIpc) is 2.97. The van der Waals surface area contributed by atoms with Gasteiger partial charge in [-0.2, -0.15) is 0 Å². The molecule has 0 unspecified atom stereocenters. The number of nitrogens with one attached hydrogen (secondary N) is 1.